The third-order valence-electron chi connectivity index (χ3n) is 11.7. The minimum absolute atomic E-state index is 0.601. The molecule has 0 saturated heterocycles. The Labute approximate surface area is 351 Å². The van der Waals surface area contributed by atoms with E-state index in [1.54, 1.807) is 0 Å². The summed E-state index contributed by atoms with van der Waals surface area (Å²) in [6, 6.07) is 71.8. The second-order valence-electron chi connectivity index (χ2n) is 15.4. The van der Waals surface area contributed by atoms with E-state index in [1.807, 2.05) is 42.5 Å². The number of oxazole rings is 1. The van der Waals surface area contributed by atoms with Crippen molar-refractivity contribution >= 4 is 54.2 Å². The smallest absolute Gasteiger partial charge is 0.227 e. The summed E-state index contributed by atoms with van der Waals surface area (Å²) in [5, 5.41) is 8.90. The molecule has 0 spiro atoms. The van der Waals surface area contributed by atoms with Crippen LogP contribution in [0.3, 0.4) is 0 Å². The third-order valence-corrected chi connectivity index (χ3v) is 11.7. The van der Waals surface area contributed by atoms with Gasteiger partial charge in [-0.25, -0.2) is 19.9 Å². The zero-order valence-electron chi connectivity index (χ0n) is 32.8. The van der Waals surface area contributed by atoms with Crippen LogP contribution in [-0.4, -0.2) is 19.9 Å². The normalized spacial score (nSPS) is 11.6. The van der Waals surface area contributed by atoms with Gasteiger partial charge in [0, 0.05) is 33.0 Å². The SMILES string of the molecule is c1ccc(-c2cccc(-c3nc(-c4ccc(-c5cccc6ccccc56)cc4)nc(-c4cccc5c4ccc4ccc6ccc7nc(-c8ccccc8)oc7c6c45)n3)c2)cc1. The standard InChI is InChI=1S/C56H34N4O/c1-3-12-35(13-4-1)42-18-9-19-43(34-42)54-58-53(40-28-24-37(25-29-40)45-21-10-17-36-14-7-8-20-44(36)45)59-55(60-54)48-23-11-22-47-46(48)32-30-38-26-27-39-31-33-49-52(51(39)50(38)47)61-56(57-49)41-15-5-2-6-16-41/h1-34H. The van der Waals surface area contributed by atoms with E-state index in [0.29, 0.717) is 23.4 Å². The lowest BCUT2D eigenvalue weighted by molar-refractivity contribution is 0.623. The van der Waals surface area contributed by atoms with Crippen LogP contribution in [0.5, 0.6) is 0 Å². The van der Waals surface area contributed by atoms with E-state index in [2.05, 4.69) is 164 Å². The Kier molecular flexibility index (Phi) is 8.10. The highest BCUT2D eigenvalue weighted by atomic mass is 16.3. The molecule has 10 aromatic carbocycles. The molecule has 2 aromatic heterocycles. The number of fused-ring (bicyclic) bond motifs is 8. The topological polar surface area (TPSA) is 64.7 Å². The first-order valence-corrected chi connectivity index (χ1v) is 20.5. The zero-order valence-corrected chi connectivity index (χ0v) is 32.8. The number of hydrogen-bond donors (Lipinski definition) is 0. The number of aromatic nitrogens is 4. The van der Waals surface area contributed by atoms with Gasteiger partial charge < -0.3 is 4.42 Å². The van der Waals surface area contributed by atoms with E-state index in [9.17, 15) is 0 Å². The Hall–Kier alpha value is -8.28. The number of nitrogens with zero attached hydrogens (tertiary/aromatic N) is 4. The van der Waals surface area contributed by atoms with E-state index in [1.165, 1.54) is 16.3 Å². The van der Waals surface area contributed by atoms with Gasteiger partial charge in [0.15, 0.2) is 23.1 Å². The fourth-order valence-electron chi connectivity index (χ4n) is 8.77. The first kappa shape index (κ1) is 34.7. The molecule has 12 aromatic rings. The fourth-order valence-corrected chi connectivity index (χ4v) is 8.77. The number of rotatable bonds is 6. The lowest BCUT2D eigenvalue weighted by Gasteiger charge is -2.13. The molecule has 0 fully saturated rings. The number of hydrogen-bond acceptors (Lipinski definition) is 5. The zero-order chi connectivity index (χ0) is 40.3. The Morgan fingerprint density at radius 1 is 0.295 bits per heavy atom. The average Bonchev–Trinajstić information content (AvgIpc) is 3.79. The fraction of sp³-hybridized carbons (Fsp3) is 0. The summed E-state index contributed by atoms with van der Waals surface area (Å²) >= 11 is 0. The molecular formula is C56H34N4O. The van der Waals surface area contributed by atoms with Gasteiger partial charge in [-0.2, -0.15) is 0 Å². The Bertz CT molecular complexity index is 3630. The largest absolute Gasteiger partial charge is 0.435 e. The predicted molar refractivity (Wildman–Crippen MR) is 250 cm³/mol. The minimum Gasteiger partial charge on any atom is -0.435 e. The van der Waals surface area contributed by atoms with Gasteiger partial charge >= 0.3 is 0 Å². The second kappa shape index (κ2) is 14.2. The summed E-state index contributed by atoms with van der Waals surface area (Å²) in [4.78, 5) is 20.6. The van der Waals surface area contributed by atoms with E-state index in [4.69, 9.17) is 24.4 Å². The molecule has 0 amide bonds. The molecule has 0 radical (unpaired) electrons. The molecule has 12 rings (SSSR count). The van der Waals surface area contributed by atoms with Crippen LogP contribution in [0.25, 0.3) is 122 Å². The molecule has 0 saturated carbocycles. The first-order chi connectivity index (χ1) is 30.2. The van der Waals surface area contributed by atoms with Crippen molar-refractivity contribution in [2.75, 3.05) is 0 Å². The summed E-state index contributed by atoms with van der Waals surface area (Å²) < 4.78 is 6.62. The van der Waals surface area contributed by atoms with Gasteiger partial charge in [-0.1, -0.05) is 182 Å². The van der Waals surface area contributed by atoms with E-state index < -0.39 is 0 Å². The van der Waals surface area contributed by atoms with Crippen LogP contribution in [0.15, 0.2) is 211 Å². The maximum absolute atomic E-state index is 6.62. The Morgan fingerprint density at radius 3 is 1.70 bits per heavy atom. The molecule has 0 aliphatic heterocycles. The van der Waals surface area contributed by atoms with Crippen molar-refractivity contribution in [2.24, 2.45) is 0 Å². The van der Waals surface area contributed by atoms with Gasteiger partial charge in [0.25, 0.3) is 0 Å². The lowest BCUT2D eigenvalue weighted by Crippen LogP contribution is -2.01. The van der Waals surface area contributed by atoms with Crippen molar-refractivity contribution in [1.82, 2.24) is 19.9 Å². The van der Waals surface area contributed by atoms with E-state index >= 15 is 0 Å². The molecule has 0 aliphatic carbocycles. The highest BCUT2D eigenvalue weighted by Crippen LogP contribution is 2.41. The molecule has 2 heterocycles. The average molecular weight is 779 g/mol. The molecule has 0 N–H and O–H groups in total. The molecule has 5 heteroatoms. The molecule has 0 aliphatic rings. The Balaban J connectivity index is 1.05. The monoisotopic (exact) mass is 778 g/mol. The summed E-state index contributed by atoms with van der Waals surface area (Å²) in [6.45, 7) is 0. The summed E-state index contributed by atoms with van der Waals surface area (Å²) in [5.41, 5.74) is 9.83. The summed E-state index contributed by atoms with van der Waals surface area (Å²) in [7, 11) is 0. The molecule has 0 unspecified atom stereocenters. The van der Waals surface area contributed by atoms with Crippen molar-refractivity contribution in [3.8, 4) is 67.9 Å². The summed E-state index contributed by atoms with van der Waals surface area (Å²) in [5.74, 6) is 2.42. The third kappa shape index (κ3) is 6.02. The lowest BCUT2D eigenvalue weighted by atomic mass is 9.93. The maximum atomic E-state index is 6.62. The van der Waals surface area contributed by atoms with Crippen molar-refractivity contribution < 1.29 is 4.42 Å². The van der Waals surface area contributed by atoms with Crippen molar-refractivity contribution in [3.63, 3.8) is 0 Å². The van der Waals surface area contributed by atoms with Crippen molar-refractivity contribution in [1.29, 1.82) is 0 Å². The van der Waals surface area contributed by atoms with Crippen LogP contribution in [0.2, 0.25) is 0 Å². The first-order valence-electron chi connectivity index (χ1n) is 20.5. The van der Waals surface area contributed by atoms with E-state index in [0.717, 1.165) is 82.4 Å². The van der Waals surface area contributed by atoms with Gasteiger partial charge in [0.05, 0.1) is 0 Å². The maximum Gasteiger partial charge on any atom is 0.227 e. The minimum atomic E-state index is 0.601. The van der Waals surface area contributed by atoms with Crippen molar-refractivity contribution in [2.45, 2.75) is 0 Å². The van der Waals surface area contributed by atoms with Gasteiger partial charge in [0.1, 0.15) is 5.52 Å². The van der Waals surface area contributed by atoms with Crippen LogP contribution in [0.1, 0.15) is 0 Å². The quantitative estimate of drug-likeness (QED) is 0.157. The predicted octanol–water partition coefficient (Wildman–Crippen LogP) is 14.6. The highest BCUT2D eigenvalue weighted by Gasteiger charge is 2.19. The van der Waals surface area contributed by atoms with Gasteiger partial charge in [-0.3, -0.25) is 0 Å². The molecule has 61 heavy (non-hydrogen) atoms. The molecular weight excluding hydrogens is 745 g/mol. The Morgan fingerprint density at radius 2 is 0.869 bits per heavy atom. The van der Waals surface area contributed by atoms with Crippen LogP contribution in [-0.2, 0) is 0 Å². The van der Waals surface area contributed by atoms with E-state index in [-0.39, 0.29) is 0 Å². The second-order valence-corrected chi connectivity index (χ2v) is 15.4. The van der Waals surface area contributed by atoms with Crippen LogP contribution in [0.4, 0.5) is 0 Å². The molecule has 5 nitrogen and oxygen atoms in total. The molecule has 0 bridgehead atoms. The molecule has 0 atom stereocenters. The molecule has 284 valence electrons. The van der Waals surface area contributed by atoms with Crippen molar-refractivity contribution in [3.05, 3.63) is 206 Å². The van der Waals surface area contributed by atoms with Gasteiger partial charge in [-0.15, -0.1) is 0 Å². The number of benzene rings is 10. The van der Waals surface area contributed by atoms with Crippen LogP contribution >= 0.6 is 0 Å². The van der Waals surface area contributed by atoms with Crippen LogP contribution in [0, 0.1) is 0 Å². The highest BCUT2D eigenvalue weighted by molar-refractivity contribution is 6.27. The van der Waals surface area contributed by atoms with Gasteiger partial charge in [0.2, 0.25) is 5.89 Å². The van der Waals surface area contributed by atoms with Gasteiger partial charge in [-0.05, 0) is 78.8 Å². The van der Waals surface area contributed by atoms with Crippen LogP contribution < -0.4 is 0 Å². The summed E-state index contributed by atoms with van der Waals surface area (Å²) in [6.07, 6.45) is 0.